The van der Waals surface area contributed by atoms with Gasteiger partial charge in [0.2, 0.25) is 5.89 Å². The first-order chi connectivity index (χ1) is 15.3. The van der Waals surface area contributed by atoms with Crippen LogP contribution in [0.5, 0.6) is 0 Å². The topological polar surface area (TPSA) is 122 Å². The molecule has 1 atom stereocenters. The minimum Gasteiger partial charge on any atom is -0.415 e. The van der Waals surface area contributed by atoms with Crippen molar-refractivity contribution < 1.29 is 27.5 Å². The number of hydrogen-bond donors (Lipinski definition) is 3. The number of hydrogen-bond acceptors (Lipinski definition) is 7. The molecule has 1 aromatic heterocycles. The second-order valence-electron chi connectivity index (χ2n) is 7.67. The van der Waals surface area contributed by atoms with Crippen molar-refractivity contribution in [2.75, 3.05) is 26.2 Å². The summed E-state index contributed by atoms with van der Waals surface area (Å²) in [6.07, 6.45) is -0.255. The molecule has 174 valence electrons. The summed E-state index contributed by atoms with van der Waals surface area (Å²) in [7, 11) is 0. The number of carbonyl (C=O) groups excluding carboxylic acids is 2. The average Bonchev–Trinajstić information content (AvgIpc) is 3.23. The van der Waals surface area contributed by atoms with Gasteiger partial charge in [0.1, 0.15) is 0 Å². The third-order valence-electron chi connectivity index (χ3n) is 4.58. The van der Waals surface area contributed by atoms with Crippen LogP contribution in [-0.2, 0) is 17.8 Å². The van der Waals surface area contributed by atoms with E-state index in [-0.39, 0.29) is 37.0 Å². The molecule has 3 amide bonds. The summed E-state index contributed by atoms with van der Waals surface area (Å²) in [5.74, 6) is -2.31. The summed E-state index contributed by atoms with van der Waals surface area (Å²) in [6.45, 7) is 5.90. The highest BCUT2D eigenvalue weighted by molar-refractivity contribution is 5.89. The van der Waals surface area contributed by atoms with E-state index in [0.29, 0.717) is 31.8 Å². The summed E-state index contributed by atoms with van der Waals surface area (Å²) in [6, 6.07) is 3.30. The van der Waals surface area contributed by atoms with Gasteiger partial charge in [0.25, 0.3) is 0 Å². The number of carbonyl (C=O) groups is 2. The fourth-order valence-electron chi connectivity index (χ4n) is 3.11. The smallest absolute Gasteiger partial charge is 0.315 e. The van der Waals surface area contributed by atoms with Crippen molar-refractivity contribution in [2.24, 2.45) is 0 Å². The number of benzene rings is 1. The van der Waals surface area contributed by atoms with Crippen molar-refractivity contribution in [3.63, 3.8) is 0 Å². The van der Waals surface area contributed by atoms with E-state index < -0.39 is 23.6 Å². The number of urea groups is 1. The second-order valence-corrected chi connectivity index (χ2v) is 7.67. The summed E-state index contributed by atoms with van der Waals surface area (Å²) < 4.78 is 37.4. The fraction of sp³-hybridized carbons (Fsp3) is 0.500. The summed E-state index contributed by atoms with van der Waals surface area (Å²) in [5, 5.41) is 15.3. The zero-order valence-electron chi connectivity index (χ0n) is 17.9. The molecule has 0 unspecified atom stereocenters. The molecule has 1 aliphatic rings. The molecule has 10 nitrogen and oxygen atoms in total. The Balaban J connectivity index is 1.39. The molecule has 32 heavy (non-hydrogen) atoms. The van der Waals surface area contributed by atoms with Gasteiger partial charge in [0, 0.05) is 32.2 Å². The Bertz CT molecular complexity index is 939. The normalized spacial score (nSPS) is 16.7. The number of rotatable bonds is 8. The summed E-state index contributed by atoms with van der Waals surface area (Å²) in [4.78, 5) is 25.9. The van der Waals surface area contributed by atoms with E-state index in [1.54, 1.807) is 19.9 Å². The summed E-state index contributed by atoms with van der Waals surface area (Å²) in [5.41, 5.74) is 0.663. The lowest BCUT2D eigenvalue weighted by Gasteiger charge is -2.33. The van der Waals surface area contributed by atoms with Gasteiger partial charge in [-0.15, -0.1) is 10.2 Å². The predicted molar refractivity (Wildman–Crippen MR) is 109 cm³/mol. The number of nitrogens with zero attached hydrogens (tertiary/aromatic N) is 3. The van der Waals surface area contributed by atoms with Crippen LogP contribution in [0.4, 0.5) is 13.6 Å². The molecule has 0 saturated carbocycles. The lowest BCUT2D eigenvalue weighted by molar-refractivity contribution is -0.0287. The first kappa shape index (κ1) is 23.5. The maximum atomic E-state index is 13.4. The van der Waals surface area contributed by atoms with Crippen LogP contribution in [0.2, 0.25) is 0 Å². The van der Waals surface area contributed by atoms with Crippen molar-refractivity contribution >= 4 is 11.9 Å². The van der Waals surface area contributed by atoms with Crippen molar-refractivity contribution in [3.8, 4) is 0 Å². The molecule has 0 radical (unpaired) electrons. The Morgan fingerprint density at radius 1 is 1.22 bits per heavy atom. The lowest BCUT2D eigenvalue weighted by atomic mass is 10.1. The molecule has 1 fully saturated rings. The fourth-order valence-corrected chi connectivity index (χ4v) is 3.11. The molecule has 0 bridgehead atoms. The Hall–Kier alpha value is -3.12. The van der Waals surface area contributed by atoms with E-state index in [2.05, 4.69) is 26.1 Å². The second kappa shape index (κ2) is 11.0. The minimum absolute atomic E-state index is 0.0401. The van der Waals surface area contributed by atoms with Crippen LogP contribution >= 0.6 is 0 Å². The van der Waals surface area contributed by atoms with E-state index in [4.69, 9.17) is 9.15 Å². The molecule has 0 spiro atoms. The van der Waals surface area contributed by atoms with E-state index in [9.17, 15) is 18.4 Å². The number of nitrogens with one attached hydrogen (secondary N) is 3. The first-order valence-electron chi connectivity index (χ1n) is 10.2. The summed E-state index contributed by atoms with van der Waals surface area (Å²) >= 11 is 0. The van der Waals surface area contributed by atoms with Crippen LogP contribution in [0.1, 0.15) is 36.0 Å². The van der Waals surface area contributed by atoms with Gasteiger partial charge in [-0.05, 0) is 31.5 Å². The molecule has 12 heteroatoms. The Labute approximate surface area is 183 Å². The Morgan fingerprint density at radius 2 is 2.03 bits per heavy atom. The molecule has 1 aliphatic heterocycles. The largest absolute Gasteiger partial charge is 0.415 e. The standard InChI is InChI=1S/C20H26F2N6O4/c1-12(2)25-18(29)19-27-26-17(32-19)9-24-20(30)23-8-14-11-28(5-6-31-14)10-13-3-4-15(21)16(22)7-13/h3-4,7,12,14H,5-6,8-11H2,1-2H3,(H,25,29)(H2,23,24,30)/t14-/m0/s1. The highest BCUT2D eigenvalue weighted by Gasteiger charge is 2.22. The Morgan fingerprint density at radius 3 is 2.78 bits per heavy atom. The molecule has 2 heterocycles. The third kappa shape index (κ3) is 6.95. The van der Waals surface area contributed by atoms with Gasteiger partial charge in [0.05, 0.1) is 19.3 Å². The van der Waals surface area contributed by atoms with Crippen LogP contribution in [0.3, 0.4) is 0 Å². The van der Waals surface area contributed by atoms with Crippen LogP contribution < -0.4 is 16.0 Å². The molecular formula is C20H26F2N6O4. The van der Waals surface area contributed by atoms with E-state index >= 15 is 0 Å². The highest BCUT2D eigenvalue weighted by atomic mass is 19.2. The van der Waals surface area contributed by atoms with Crippen molar-refractivity contribution in [1.82, 2.24) is 31.0 Å². The number of ether oxygens (including phenoxy) is 1. The SMILES string of the molecule is CC(C)NC(=O)c1nnc(CNC(=O)NC[C@H]2CN(Cc3ccc(F)c(F)c3)CCO2)o1. The Kier molecular flexibility index (Phi) is 8.06. The average molecular weight is 452 g/mol. The molecule has 2 aromatic rings. The van der Waals surface area contributed by atoms with Crippen LogP contribution in [-0.4, -0.2) is 65.4 Å². The quantitative estimate of drug-likeness (QED) is 0.550. The van der Waals surface area contributed by atoms with Gasteiger partial charge in [-0.25, -0.2) is 13.6 Å². The number of halogens is 2. The zero-order chi connectivity index (χ0) is 23.1. The third-order valence-corrected chi connectivity index (χ3v) is 4.58. The molecule has 1 saturated heterocycles. The number of amides is 3. The van der Waals surface area contributed by atoms with Gasteiger partial charge >= 0.3 is 17.8 Å². The van der Waals surface area contributed by atoms with Gasteiger partial charge in [-0.1, -0.05) is 6.07 Å². The molecule has 3 N–H and O–H groups in total. The molecule has 0 aliphatic carbocycles. The maximum Gasteiger partial charge on any atom is 0.315 e. The van der Waals surface area contributed by atoms with Crippen molar-refractivity contribution in [2.45, 2.75) is 39.1 Å². The van der Waals surface area contributed by atoms with Crippen LogP contribution in [0, 0.1) is 11.6 Å². The zero-order valence-corrected chi connectivity index (χ0v) is 17.9. The van der Waals surface area contributed by atoms with Crippen LogP contribution in [0.15, 0.2) is 22.6 Å². The number of morpholine rings is 1. The van der Waals surface area contributed by atoms with E-state index in [1.807, 2.05) is 4.90 Å². The van der Waals surface area contributed by atoms with Gasteiger partial charge in [0.15, 0.2) is 11.6 Å². The lowest BCUT2D eigenvalue weighted by Crippen LogP contribution is -2.48. The van der Waals surface area contributed by atoms with Gasteiger partial charge in [-0.2, -0.15) is 0 Å². The minimum atomic E-state index is -0.876. The maximum absolute atomic E-state index is 13.4. The molecule has 3 rings (SSSR count). The predicted octanol–water partition coefficient (Wildman–Crippen LogP) is 1.19. The first-order valence-corrected chi connectivity index (χ1v) is 10.2. The number of aromatic nitrogens is 2. The van der Waals surface area contributed by atoms with Crippen LogP contribution in [0.25, 0.3) is 0 Å². The van der Waals surface area contributed by atoms with Crippen molar-refractivity contribution in [1.29, 1.82) is 0 Å². The van der Waals surface area contributed by atoms with E-state index in [0.717, 1.165) is 6.07 Å². The van der Waals surface area contributed by atoms with Crippen molar-refractivity contribution in [3.05, 3.63) is 47.2 Å². The van der Waals surface area contributed by atoms with Gasteiger partial charge in [-0.3, -0.25) is 9.69 Å². The van der Waals surface area contributed by atoms with Gasteiger partial charge < -0.3 is 25.1 Å². The molecular weight excluding hydrogens is 426 g/mol. The van der Waals surface area contributed by atoms with E-state index in [1.165, 1.54) is 6.07 Å². The monoisotopic (exact) mass is 452 g/mol. The molecule has 1 aromatic carbocycles. The highest BCUT2D eigenvalue weighted by Crippen LogP contribution is 2.13.